The molecule has 4 aromatic rings. The molecule has 1 aromatic heterocycles. The third kappa shape index (κ3) is 4.23. The minimum atomic E-state index is -3.95. The number of benzene rings is 3. The second-order valence-corrected chi connectivity index (χ2v) is 12.4. The number of sulfone groups is 2. The van der Waals surface area contributed by atoms with Crippen molar-refractivity contribution < 1.29 is 21.2 Å². The zero-order chi connectivity index (χ0) is 23.1. The monoisotopic (exact) mass is 487 g/mol. The van der Waals surface area contributed by atoms with E-state index in [-0.39, 0.29) is 25.4 Å². The number of rotatable bonds is 5. The molecule has 3 aromatic carbocycles. The molecule has 0 aliphatic rings. The number of thiazole rings is 1. The highest BCUT2D eigenvalue weighted by Crippen LogP contribution is 2.41. The van der Waals surface area contributed by atoms with Gasteiger partial charge in [-0.05, 0) is 42.8 Å². The molecule has 1 heterocycles. The first-order valence-electron chi connectivity index (χ1n) is 9.45. The Bertz CT molecular complexity index is 1510. The van der Waals surface area contributed by atoms with E-state index in [0.29, 0.717) is 10.4 Å². The summed E-state index contributed by atoms with van der Waals surface area (Å²) in [5.74, 6) is -0.441. The van der Waals surface area contributed by atoms with Crippen LogP contribution in [0.3, 0.4) is 0 Å². The molecule has 0 saturated carbocycles. The van der Waals surface area contributed by atoms with E-state index in [1.165, 1.54) is 42.5 Å². The van der Waals surface area contributed by atoms with Crippen LogP contribution in [-0.2, 0) is 19.7 Å². The van der Waals surface area contributed by atoms with Gasteiger partial charge in [-0.2, -0.15) is 0 Å². The van der Waals surface area contributed by atoms with Crippen LogP contribution in [0.2, 0.25) is 0 Å². The molecule has 5 nitrogen and oxygen atoms in total. The van der Waals surface area contributed by atoms with Gasteiger partial charge in [0.05, 0.1) is 20.4 Å². The molecule has 32 heavy (non-hydrogen) atoms. The molecule has 0 fully saturated rings. The van der Waals surface area contributed by atoms with Crippen molar-refractivity contribution in [3.05, 3.63) is 84.2 Å². The first kappa shape index (κ1) is 22.3. The molecular weight excluding hydrogens is 469 g/mol. The Morgan fingerprint density at radius 2 is 1.47 bits per heavy atom. The van der Waals surface area contributed by atoms with E-state index in [0.717, 1.165) is 23.2 Å². The summed E-state index contributed by atoms with van der Waals surface area (Å²) in [7, 11) is -7.56. The number of nitrogens with zero attached hydrogens (tertiary/aromatic N) is 1. The van der Waals surface area contributed by atoms with Gasteiger partial charge in [-0.1, -0.05) is 48.0 Å². The van der Waals surface area contributed by atoms with E-state index in [2.05, 4.69) is 4.98 Å². The fraction of sp³-hybridized carbons (Fsp3) is 0.0870. The van der Waals surface area contributed by atoms with Gasteiger partial charge in [-0.25, -0.2) is 26.2 Å². The van der Waals surface area contributed by atoms with E-state index in [4.69, 9.17) is 0 Å². The quantitative estimate of drug-likeness (QED) is 0.388. The normalized spacial score (nSPS) is 12.1. The summed E-state index contributed by atoms with van der Waals surface area (Å²) in [4.78, 5) is 4.96. The fourth-order valence-corrected chi connectivity index (χ4v) is 6.79. The van der Waals surface area contributed by atoms with Gasteiger partial charge in [0.15, 0.2) is 9.84 Å². The van der Waals surface area contributed by atoms with Crippen molar-refractivity contribution in [3.8, 4) is 21.7 Å². The summed E-state index contributed by atoms with van der Waals surface area (Å²) in [5.41, 5.74) is 1.95. The van der Waals surface area contributed by atoms with Crippen LogP contribution in [-0.4, -0.2) is 28.1 Å². The van der Waals surface area contributed by atoms with Gasteiger partial charge in [0.1, 0.15) is 5.82 Å². The van der Waals surface area contributed by atoms with Crippen molar-refractivity contribution >= 4 is 31.0 Å². The molecule has 0 spiro atoms. The summed E-state index contributed by atoms with van der Waals surface area (Å²) in [6.45, 7) is 1.85. The Kier molecular flexibility index (Phi) is 5.74. The molecule has 9 heteroatoms. The first-order chi connectivity index (χ1) is 15.1. The second kappa shape index (κ2) is 8.23. The number of hydrogen-bond donors (Lipinski definition) is 0. The molecule has 0 unspecified atom stereocenters. The highest BCUT2D eigenvalue weighted by atomic mass is 32.2. The molecule has 0 bridgehead atoms. The molecule has 0 atom stereocenters. The maximum Gasteiger partial charge on any atom is 0.233 e. The van der Waals surface area contributed by atoms with Crippen molar-refractivity contribution in [2.45, 2.75) is 21.1 Å². The van der Waals surface area contributed by atoms with Crippen molar-refractivity contribution in [2.24, 2.45) is 0 Å². The van der Waals surface area contributed by atoms with Crippen LogP contribution in [0, 0.1) is 12.7 Å². The molecule has 164 valence electrons. The maximum absolute atomic E-state index is 13.5. The third-order valence-corrected chi connectivity index (χ3v) is 9.22. The lowest BCUT2D eigenvalue weighted by Crippen LogP contribution is -2.02. The van der Waals surface area contributed by atoms with E-state index in [9.17, 15) is 21.2 Å². The summed E-state index contributed by atoms with van der Waals surface area (Å²) in [5, 5.41) is 0. The van der Waals surface area contributed by atoms with E-state index in [1.807, 2.05) is 6.92 Å². The number of hydrogen-bond acceptors (Lipinski definition) is 6. The van der Waals surface area contributed by atoms with Crippen molar-refractivity contribution in [2.75, 3.05) is 6.26 Å². The zero-order valence-corrected chi connectivity index (χ0v) is 19.6. The van der Waals surface area contributed by atoms with Gasteiger partial charge >= 0.3 is 0 Å². The Morgan fingerprint density at radius 3 is 2.09 bits per heavy atom. The van der Waals surface area contributed by atoms with E-state index in [1.54, 1.807) is 30.3 Å². The van der Waals surface area contributed by atoms with Gasteiger partial charge in [0.2, 0.25) is 14.2 Å². The highest BCUT2D eigenvalue weighted by molar-refractivity contribution is 7.93. The number of aryl methyl sites for hydroxylation is 1. The van der Waals surface area contributed by atoms with Gasteiger partial charge in [-0.3, -0.25) is 0 Å². The molecule has 0 aliphatic heterocycles. The maximum atomic E-state index is 13.5. The summed E-state index contributed by atoms with van der Waals surface area (Å²) < 4.78 is 64.7. The van der Waals surface area contributed by atoms with Crippen LogP contribution < -0.4 is 0 Å². The summed E-state index contributed by atoms with van der Waals surface area (Å²) >= 11 is 0.922. The van der Waals surface area contributed by atoms with Crippen molar-refractivity contribution in [1.29, 1.82) is 0 Å². The minimum absolute atomic E-state index is 0.0351. The average Bonchev–Trinajstić information content (AvgIpc) is 3.20. The molecule has 0 saturated heterocycles. The SMILES string of the molecule is Cc1ccc(S(=O)(=O)c2nc(-c3ccccc3S(C)(=O)=O)c(-c3ccc(F)cc3)s2)cc1. The Balaban J connectivity index is 1.99. The number of halogens is 1. The van der Waals surface area contributed by atoms with Crippen LogP contribution in [0.15, 0.2) is 86.9 Å². The molecule has 0 N–H and O–H groups in total. The Morgan fingerprint density at radius 1 is 0.844 bits per heavy atom. The van der Waals surface area contributed by atoms with Crippen molar-refractivity contribution in [3.63, 3.8) is 0 Å². The van der Waals surface area contributed by atoms with Gasteiger partial charge < -0.3 is 0 Å². The van der Waals surface area contributed by atoms with Gasteiger partial charge in [0.25, 0.3) is 0 Å². The standard InChI is InChI=1S/C23H18FNO4S3/c1-15-7-13-18(14-8-15)32(28,29)23-25-21(19-5-3-4-6-20(19)31(2,26)27)22(30-23)16-9-11-17(24)12-10-16/h3-14H,1-2H3. The van der Waals surface area contributed by atoms with Crippen LogP contribution in [0.4, 0.5) is 4.39 Å². The third-order valence-electron chi connectivity index (χ3n) is 4.82. The minimum Gasteiger partial charge on any atom is -0.224 e. The highest BCUT2D eigenvalue weighted by Gasteiger charge is 2.27. The van der Waals surface area contributed by atoms with Crippen LogP contribution >= 0.6 is 11.3 Å². The van der Waals surface area contributed by atoms with Crippen LogP contribution in [0.25, 0.3) is 21.7 Å². The predicted molar refractivity (Wildman–Crippen MR) is 123 cm³/mol. The van der Waals surface area contributed by atoms with E-state index < -0.39 is 25.5 Å². The predicted octanol–water partition coefficient (Wildman–Crippen LogP) is 5.16. The molecular formula is C23H18FNO4S3. The van der Waals surface area contributed by atoms with Gasteiger partial charge in [-0.15, -0.1) is 11.3 Å². The summed E-state index contributed by atoms with van der Waals surface area (Å²) in [6, 6.07) is 18.2. The topological polar surface area (TPSA) is 81.2 Å². The lowest BCUT2D eigenvalue weighted by molar-refractivity contribution is 0.595. The Hall–Kier alpha value is -2.88. The van der Waals surface area contributed by atoms with Crippen LogP contribution in [0.5, 0.6) is 0 Å². The summed E-state index contributed by atoms with van der Waals surface area (Å²) in [6.07, 6.45) is 1.08. The fourth-order valence-electron chi connectivity index (χ4n) is 3.20. The molecule has 0 radical (unpaired) electrons. The van der Waals surface area contributed by atoms with Crippen molar-refractivity contribution in [1.82, 2.24) is 4.98 Å². The number of aromatic nitrogens is 1. The molecule has 0 amide bonds. The largest absolute Gasteiger partial charge is 0.233 e. The van der Waals surface area contributed by atoms with E-state index >= 15 is 0 Å². The molecule has 4 rings (SSSR count). The lowest BCUT2D eigenvalue weighted by atomic mass is 10.1. The first-order valence-corrected chi connectivity index (χ1v) is 13.6. The zero-order valence-electron chi connectivity index (χ0n) is 17.1. The Labute approximate surface area is 190 Å². The van der Waals surface area contributed by atoms with Gasteiger partial charge in [0, 0.05) is 11.8 Å². The average molecular weight is 488 g/mol. The lowest BCUT2D eigenvalue weighted by Gasteiger charge is -2.08. The van der Waals surface area contributed by atoms with Crippen LogP contribution in [0.1, 0.15) is 5.56 Å². The molecule has 0 aliphatic carbocycles. The second-order valence-electron chi connectivity index (χ2n) is 7.25. The smallest absolute Gasteiger partial charge is 0.224 e.